The third kappa shape index (κ3) is 3.87. The molecular formula is C18H25NO2. The van der Waals surface area contributed by atoms with E-state index in [-0.39, 0.29) is 11.3 Å². The van der Waals surface area contributed by atoms with Gasteiger partial charge in [0.25, 0.3) is 5.91 Å². The summed E-state index contributed by atoms with van der Waals surface area (Å²) >= 11 is 0. The molecule has 1 aromatic rings. The van der Waals surface area contributed by atoms with E-state index in [2.05, 4.69) is 13.5 Å². The van der Waals surface area contributed by atoms with Crippen LogP contribution in [0, 0.1) is 5.41 Å². The van der Waals surface area contributed by atoms with E-state index in [1.165, 1.54) is 6.42 Å². The van der Waals surface area contributed by atoms with Crippen molar-refractivity contribution in [3.63, 3.8) is 0 Å². The first-order valence-electron chi connectivity index (χ1n) is 7.62. The SMILES string of the molecule is C=CCC1(C)CCCCN(C(=O)c2ccc(OC)cc2)C1. The van der Waals surface area contributed by atoms with Gasteiger partial charge < -0.3 is 9.64 Å². The van der Waals surface area contributed by atoms with Gasteiger partial charge in [-0.1, -0.05) is 19.4 Å². The molecule has 2 rings (SSSR count). The Morgan fingerprint density at radius 2 is 2.10 bits per heavy atom. The highest BCUT2D eigenvalue weighted by molar-refractivity contribution is 5.94. The topological polar surface area (TPSA) is 29.5 Å². The smallest absolute Gasteiger partial charge is 0.253 e. The predicted molar refractivity (Wildman–Crippen MR) is 85.7 cm³/mol. The van der Waals surface area contributed by atoms with Crippen LogP contribution in [0.2, 0.25) is 0 Å². The Labute approximate surface area is 127 Å². The predicted octanol–water partition coefficient (Wildman–Crippen LogP) is 3.90. The lowest BCUT2D eigenvalue weighted by atomic mass is 9.82. The summed E-state index contributed by atoms with van der Waals surface area (Å²) in [6, 6.07) is 7.37. The van der Waals surface area contributed by atoms with Crippen LogP contribution < -0.4 is 4.74 Å². The van der Waals surface area contributed by atoms with E-state index in [1.54, 1.807) is 7.11 Å². The fraction of sp³-hybridized carbons (Fsp3) is 0.500. The molecule has 114 valence electrons. The summed E-state index contributed by atoms with van der Waals surface area (Å²) in [4.78, 5) is 14.7. The number of carbonyl (C=O) groups excluding carboxylic acids is 1. The summed E-state index contributed by atoms with van der Waals surface area (Å²) < 4.78 is 5.14. The first kappa shape index (κ1) is 15.6. The quantitative estimate of drug-likeness (QED) is 0.786. The molecule has 0 saturated carbocycles. The van der Waals surface area contributed by atoms with Gasteiger partial charge in [0.2, 0.25) is 0 Å². The van der Waals surface area contributed by atoms with E-state index in [4.69, 9.17) is 4.74 Å². The van der Waals surface area contributed by atoms with E-state index in [9.17, 15) is 4.79 Å². The zero-order valence-corrected chi connectivity index (χ0v) is 13.1. The Hall–Kier alpha value is -1.77. The molecular weight excluding hydrogens is 262 g/mol. The molecule has 0 aliphatic carbocycles. The second-order valence-corrected chi connectivity index (χ2v) is 6.22. The normalized spacial score (nSPS) is 22.5. The number of carbonyl (C=O) groups is 1. The molecule has 0 bridgehead atoms. The van der Waals surface area contributed by atoms with Gasteiger partial charge >= 0.3 is 0 Å². The first-order chi connectivity index (χ1) is 10.1. The molecule has 1 amide bonds. The van der Waals surface area contributed by atoms with Crippen molar-refractivity contribution in [2.75, 3.05) is 20.2 Å². The monoisotopic (exact) mass is 287 g/mol. The molecule has 0 N–H and O–H groups in total. The number of allylic oxidation sites excluding steroid dienone is 1. The van der Waals surface area contributed by atoms with Gasteiger partial charge in [-0.2, -0.15) is 0 Å². The number of likely N-dealkylation sites (tertiary alicyclic amines) is 1. The third-order valence-electron chi connectivity index (χ3n) is 4.29. The molecule has 1 saturated heterocycles. The van der Waals surface area contributed by atoms with Crippen LogP contribution in [0.1, 0.15) is 43.0 Å². The number of rotatable bonds is 4. The van der Waals surface area contributed by atoms with Gasteiger partial charge in [0, 0.05) is 18.7 Å². The van der Waals surface area contributed by atoms with Crippen molar-refractivity contribution in [2.24, 2.45) is 5.41 Å². The van der Waals surface area contributed by atoms with Gasteiger partial charge in [0.05, 0.1) is 7.11 Å². The Balaban J connectivity index is 2.14. The second kappa shape index (κ2) is 6.79. The Bertz CT molecular complexity index is 494. The van der Waals surface area contributed by atoms with Gasteiger partial charge in [-0.3, -0.25) is 4.79 Å². The van der Waals surface area contributed by atoms with Crippen molar-refractivity contribution < 1.29 is 9.53 Å². The van der Waals surface area contributed by atoms with Crippen molar-refractivity contribution in [3.8, 4) is 5.75 Å². The third-order valence-corrected chi connectivity index (χ3v) is 4.29. The minimum Gasteiger partial charge on any atom is -0.497 e. The van der Waals surface area contributed by atoms with Crippen molar-refractivity contribution in [1.82, 2.24) is 4.90 Å². The highest BCUT2D eigenvalue weighted by Crippen LogP contribution is 2.33. The molecule has 21 heavy (non-hydrogen) atoms. The van der Waals surface area contributed by atoms with Gasteiger partial charge in [-0.25, -0.2) is 0 Å². The highest BCUT2D eigenvalue weighted by atomic mass is 16.5. The average Bonchev–Trinajstić information content (AvgIpc) is 2.69. The van der Waals surface area contributed by atoms with Crippen molar-refractivity contribution >= 4 is 5.91 Å². The van der Waals surface area contributed by atoms with Crippen LogP contribution in [0.5, 0.6) is 5.75 Å². The number of nitrogens with zero attached hydrogens (tertiary/aromatic N) is 1. The van der Waals surface area contributed by atoms with Gasteiger partial charge in [-0.05, 0) is 48.9 Å². The van der Waals surface area contributed by atoms with Gasteiger partial charge in [-0.15, -0.1) is 6.58 Å². The van der Waals surface area contributed by atoms with E-state index in [0.29, 0.717) is 0 Å². The second-order valence-electron chi connectivity index (χ2n) is 6.22. The van der Waals surface area contributed by atoms with Crippen molar-refractivity contribution in [3.05, 3.63) is 42.5 Å². The summed E-state index contributed by atoms with van der Waals surface area (Å²) in [6.07, 6.45) is 6.34. The molecule has 1 aliphatic rings. The summed E-state index contributed by atoms with van der Waals surface area (Å²) in [6.45, 7) is 7.77. The van der Waals surface area contributed by atoms with Crippen LogP contribution in [0.25, 0.3) is 0 Å². The number of hydrogen-bond acceptors (Lipinski definition) is 2. The Morgan fingerprint density at radius 3 is 2.71 bits per heavy atom. The molecule has 1 atom stereocenters. The van der Waals surface area contributed by atoms with E-state index < -0.39 is 0 Å². The molecule has 0 aromatic heterocycles. The summed E-state index contributed by atoms with van der Waals surface area (Å²) in [7, 11) is 1.63. The number of ether oxygens (including phenoxy) is 1. The molecule has 1 fully saturated rings. The van der Waals surface area contributed by atoms with Gasteiger partial charge in [0.1, 0.15) is 5.75 Å². The van der Waals surface area contributed by atoms with E-state index in [1.807, 2.05) is 35.2 Å². The van der Waals surface area contributed by atoms with Crippen LogP contribution in [-0.4, -0.2) is 31.0 Å². The molecule has 3 nitrogen and oxygen atoms in total. The summed E-state index contributed by atoms with van der Waals surface area (Å²) in [5, 5.41) is 0. The maximum Gasteiger partial charge on any atom is 0.253 e. The number of benzene rings is 1. The first-order valence-corrected chi connectivity index (χ1v) is 7.62. The molecule has 3 heteroatoms. The Morgan fingerprint density at radius 1 is 1.38 bits per heavy atom. The molecule has 1 aromatic carbocycles. The number of methoxy groups -OCH3 is 1. The minimum absolute atomic E-state index is 0.120. The fourth-order valence-electron chi connectivity index (χ4n) is 3.08. The van der Waals surface area contributed by atoms with E-state index in [0.717, 1.165) is 43.7 Å². The molecule has 1 unspecified atom stereocenters. The highest BCUT2D eigenvalue weighted by Gasteiger charge is 2.30. The maximum absolute atomic E-state index is 12.7. The molecule has 0 spiro atoms. The number of hydrogen-bond donors (Lipinski definition) is 0. The zero-order valence-electron chi connectivity index (χ0n) is 13.1. The van der Waals surface area contributed by atoms with Crippen molar-refractivity contribution in [2.45, 2.75) is 32.6 Å². The lowest BCUT2D eigenvalue weighted by Gasteiger charge is -2.32. The van der Waals surface area contributed by atoms with Crippen LogP contribution in [-0.2, 0) is 0 Å². The summed E-state index contributed by atoms with van der Waals surface area (Å²) in [5.41, 5.74) is 0.888. The van der Waals surface area contributed by atoms with E-state index >= 15 is 0 Å². The van der Waals surface area contributed by atoms with Crippen LogP contribution in [0.15, 0.2) is 36.9 Å². The Kier molecular flexibility index (Phi) is 5.05. The molecule has 1 aliphatic heterocycles. The molecule has 0 radical (unpaired) electrons. The average molecular weight is 287 g/mol. The zero-order chi connectivity index (χ0) is 15.3. The minimum atomic E-state index is 0.120. The van der Waals surface area contributed by atoms with Crippen molar-refractivity contribution in [1.29, 1.82) is 0 Å². The van der Waals surface area contributed by atoms with Gasteiger partial charge in [0.15, 0.2) is 0 Å². The largest absolute Gasteiger partial charge is 0.497 e. The van der Waals surface area contributed by atoms with Crippen LogP contribution >= 0.6 is 0 Å². The van der Waals surface area contributed by atoms with Crippen LogP contribution in [0.3, 0.4) is 0 Å². The maximum atomic E-state index is 12.7. The standard InChI is InChI=1S/C18H25NO2/c1-4-11-18(2)12-5-6-13-19(14-18)17(20)15-7-9-16(21-3)10-8-15/h4,7-10H,1,5-6,11-14H2,2-3H3. The van der Waals surface area contributed by atoms with Crippen LogP contribution in [0.4, 0.5) is 0 Å². The lowest BCUT2D eigenvalue weighted by molar-refractivity contribution is 0.0696. The summed E-state index contributed by atoms with van der Waals surface area (Å²) in [5.74, 6) is 0.897. The fourth-order valence-corrected chi connectivity index (χ4v) is 3.08. The number of amides is 1. The molecule has 1 heterocycles. The lowest BCUT2D eigenvalue weighted by Crippen LogP contribution is -2.38.